The standard InChI is InChI=1S/C37H72O/c1-2-3-4-5-6-7-8-9-10-11-12-13-14-15-16-17-18-19-20-21-22-23-24-25-26-27-28-29-30-31-32-33-34-35-36-37-38/h8-9,14-15,38H,2-7,10-13,16-37H2,1H3. The molecule has 0 unspecified atom stereocenters. The Morgan fingerprint density at radius 1 is 0.289 bits per heavy atom. The Labute approximate surface area is 241 Å². The SMILES string of the molecule is CCCCCCCC=CCCCCC=CCCCCCCCCCCCCCCCCCCCCCCO. The Kier molecular flexibility index (Phi) is 35.9. The minimum atomic E-state index is 0.372. The van der Waals surface area contributed by atoms with Crippen LogP contribution < -0.4 is 0 Å². The summed E-state index contributed by atoms with van der Waals surface area (Å²) in [5, 5.41) is 8.78. The molecule has 0 aliphatic heterocycles. The first-order valence-electron chi connectivity index (χ1n) is 17.8. The maximum absolute atomic E-state index is 8.78. The van der Waals surface area contributed by atoms with Gasteiger partial charge in [0.15, 0.2) is 0 Å². The van der Waals surface area contributed by atoms with Crippen LogP contribution in [0, 0.1) is 0 Å². The van der Waals surface area contributed by atoms with Gasteiger partial charge in [-0.25, -0.2) is 0 Å². The van der Waals surface area contributed by atoms with Crippen LogP contribution in [0.1, 0.15) is 206 Å². The molecule has 1 nitrogen and oxygen atoms in total. The number of aliphatic hydroxyl groups is 1. The topological polar surface area (TPSA) is 20.2 Å². The molecule has 226 valence electrons. The Balaban J connectivity index is 3.11. The van der Waals surface area contributed by atoms with Crippen LogP contribution in [0.3, 0.4) is 0 Å². The molecule has 0 saturated heterocycles. The van der Waals surface area contributed by atoms with Gasteiger partial charge in [0.05, 0.1) is 0 Å². The van der Waals surface area contributed by atoms with Gasteiger partial charge in [-0.2, -0.15) is 0 Å². The predicted molar refractivity (Wildman–Crippen MR) is 174 cm³/mol. The maximum atomic E-state index is 8.78. The normalized spacial score (nSPS) is 11.9. The fraction of sp³-hybridized carbons (Fsp3) is 0.892. The van der Waals surface area contributed by atoms with Crippen LogP contribution >= 0.6 is 0 Å². The molecular formula is C37H72O. The fourth-order valence-corrected chi connectivity index (χ4v) is 5.42. The van der Waals surface area contributed by atoms with Gasteiger partial charge in [0.25, 0.3) is 0 Å². The zero-order valence-corrected chi connectivity index (χ0v) is 26.4. The van der Waals surface area contributed by atoms with E-state index < -0.39 is 0 Å². The number of unbranched alkanes of at least 4 members (excludes halogenated alkanes) is 28. The molecule has 0 atom stereocenters. The monoisotopic (exact) mass is 533 g/mol. The Hall–Kier alpha value is -0.560. The molecule has 1 N–H and O–H groups in total. The van der Waals surface area contributed by atoms with E-state index in [2.05, 4.69) is 31.2 Å². The Bertz CT molecular complexity index is 452. The van der Waals surface area contributed by atoms with E-state index in [0.717, 1.165) is 6.42 Å². The summed E-state index contributed by atoms with van der Waals surface area (Å²) in [6, 6.07) is 0. The quantitative estimate of drug-likeness (QED) is 0.0658. The lowest BCUT2D eigenvalue weighted by Gasteiger charge is -2.04. The molecule has 0 bridgehead atoms. The average Bonchev–Trinajstić information content (AvgIpc) is 2.93. The second-order valence-corrected chi connectivity index (χ2v) is 12.0. The Morgan fingerprint density at radius 2 is 0.500 bits per heavy atom. The van der Waals surface area contributed by atoms with Gasteiger partial charge < -0.3 is 5.11 Å². The molecule has 38 heavy (non-hydrogen) atoms. The summed E-state index contributed by atoms with van der Waals surface area (Å²) in [5.74, 6) is 0. The summed E-state index contributed by atoms with van der Waals surface area (Å²) in [7, 11) is 0. The Morgan fingerprint density at radius 3 is 0.763 bits per heavy atom. The van der Waals surface area contributed by atoms with Gasteiger partial charge in [0, 0.05) is 6.61 Å². The van der Waals surface area contributed by atoms with Crippen molar-refractivity contribution < 1.29 is 5.11 Å². The van der Waals surface area contributed by atoms with Gasteiger partial charge in [0.2, 0.25) is 0 Å². The molecule has 0 aromatic rings. The minimum absolute atomic E-state index is 0.372. The summed E-state index contributed by atoms with van der Waals surface area (Å²) in [5.41, 5.74) is 0. The highest BCUT2D eigenvalue weighted by Crippen LogP contribution is 2.15. The highest BCUT2D eigenvalue weighted by atomic mass is 16.2. The fourth-order valence-electron chi connectivity index (χ4n) is 5.42. The van der Waals surface area contributed by atoms with Crippen molar-refractivity contribution in [3.05, 3.63) is 24.3 Å². The largest absolute Gasteiger partial charge is 0.396 e. The van der Waals surface area contributed by atoms with Crippen molar-refractivity contribution >= 4 is 0 Å². The maximum Gasteiger partial charge on any atom is 0.0431 e. The first-order valence-corrected chi connectivity index (χ1v) is 17.8. The van der Waals surface area contributed by atoms with Gasteiger partial charge >= 0.3 is 0 Å². The van der Waals surface area contributed by atoms with Crippen molar-refractivity contribution in [1.29, 1.82) is 0 Å². The van der Waals surface area contributed by atoms with E-state index >= 15 is 0 Å². The molecule has 0 aliphatic carbocycles. The van der Waals surface area contributed by atoms with E-state index in [0.29, 0.717) is 6.61 Å². The lowest BCUT2D eigenvalue weighted by molar-refractivity contribution is 0.282. The van der Waals surface area contributed by atoms with Crippen LogP contribution in [-0.2, 0) is 0 Å². The third kappa shape index (κ3) is 35.4. The molecule has 0 aromatic heterocycles. The van der Waals surface area contributed by atoms with Crippen molar-refractivity contribution in [2.75, 3.05) is 6.61 Å². The molecule has 0 fully saturated rings. The first kappa shape index (κ1) is 37.4. The third-order valence-electron chi connectivity index (χ3n) is 8.08. The number of hydrogen-bond acceptors (Lipinski definition) is 1. The van der Waals surface area contributed by atoms with Crippen molar-refractivity contribution in [3.8, 4) is 0 Å². The third-order valence-corrected chi connectivity index (χ3v) is 8.08. The molecule has 0 radical (unpaired) electrons. The van der Waals surface area contributed by atoms with Crippen molar-refractivity contribution in [1.82, 2.24) is 0 Å². The van der Waals surface area contributed by atoms with Gasteiger partial charge in [-0.15, -0.1) is 0 Å². The van der Waals surface area contributed by atoms with E-state index in [1.165, 1.54) is 193 Å². The van der Waals surface area contributed by atoms with Crippen LogP contribution in [-0.4, -0.2) is 11.7 Å². The van der Waals surface area contributed by atoms with E-state index in [1.807, 2.05) is 0 Å². The summed E-state index contributed by atoms with van der Waals surface area (Å²) in [6.07, 6.45) is 52.6. The van der Waals surface area contributed by atoms with Crippen molar-refractivity contribution in [2.24, 2.45) is 0 Å². The first-order chi connectivity index (χ1) is 18.9. The smallest absolute Gasteiger partial charge is 0.0431 e. The lowest BCUT2D eigenvalue weighted by atomic mass is 10.0. The number of allylic oxidation sites excluding steroid dienone is 4. The summed E-state index contributed by atoms with van der Waals surface area (Å²) < 4.78 is 0. The van der Waals surface area contributed by atoms with Crippen LogP contribution in [0.5, 0.6) is 0 Å². The molecule has 0 aliphatic rings. The van der Waals surface area contributed by atoms with E-state index in [9.17, 15) is 0 Å². The van der Waals surface area contributed by atoms with E-state index in [4.69, 9.17) is 5.11 Å². The molecule has 0 rings (SSSR count). The summed E-state index contributed by atoms with van der Waals surface area (Å²) in [6.45, 7) is 2.66. The van der Waals surface area contributed by atoms with Gasteiger partial charge in [-0.3, -0.25) is 0 Å². The second kappa shape index (κ2) is 36.4. The van der Waals surface area contributed by atoms with Crippen LogP contribution in [0.15, 0.2) is 24.3 Å². The van der Waals surface area contributed by atoms with Crippen LogP contribution in [0.25, 0.3) is 0 Å². The average molecular weight is 533 g/mol. The second-order valence-electron chi connectivity index (χ2n) is 12.0. The molecule has 1 heteroatoms. The van der Waals surface area contributed by atoms with Gasteiger partial charge in [0.1, 0.15) is 0 Å². The van der Waals surface area contributed by atoms with Crippen molar-refractivity contribution in [2.45, 2.75) is 206 Å². The van der Waals surface area contributed by atoms with E-state index in [1.54, 1.807) is 0 Å². The predicted octanol–water partition coefficient (Wildman–Crippen LogP) is 13.2. The highest BCUT2D eigenvalue weighted by molar-refractivity contribution is 4.84. The molecule has 0 amide bonds. The zero-order valence-electron chi connectivity index (χ0n) is 26.4. The van der Waals surface area contributed by atoms with Gasteiger partial charge in [-0.05, 0) is 57.8 Å². The molecule has 0 saturated carbocycles. The summed E-state index contributed by atoms with van der Waals surface area (Å²) >= 11 is 0. The molecule has 0 aromatic carbocycles. The lowest BCUT2D eigenvalue weighted by Crippen LogP contribution is -1.85. The summed E-state index contributed by atoms with van der Waals surface area (Å²) in [4.78, 5) is 0. The molecular weight excluding hydrogens is 460 g/mol. The van der Waals surface area contributed by atoms with Crippen molar-refractivity contribution in [3.63, 3.8) is 0 Å². The van der Waals surface area contributed by atoms with E-state index in [-0.39, 0.29) is 0 Å². The molecule has 0 spiro atoms. The zero-order chi connectivity index (χ0) is 27.5. The van der Waals surface area contributed by atoms with Crippen LogP contribution in [0.2, 0.25) is 0 Å². The minimum Gasteiger partial charge on any atom is -0.396 e. The van der Waals surface area contributed by atoms with Gasteiger partial charge in [-0.1, -0.05) is 172 Å². The number of rotatable bonds is 33. The molecule has 0 heterocycles. The van der Waals surface area contributed by atoms with Crippen LogP contribution in [0.4, 0.5) is 0 Å². The number of hydrogen-bond donors (Lipinski definition) is 1. The number of aliphatic hydroxyl groups excluding tert-OH is 1. The highest BCUT2D eigenvalue weighted by Gasteiger charge is 1.96.